The lowest BCUT2D eigenvalue weighted by atomic mass is 10.2. The molecule has 0 atom stereocenters. The number of carbonyl (C=O) groups excluding carboxylic acids is 2. The second-order valence-electron chi connectivity index (χ2n) is 4.44. The molecule has 1 aliphatic rings. The Bertz CT molecular complexity index is 499. The second-order valence-corrected chi connectivity index (χ2v) is 4.44. The highest BCUT2D eigenvalue weighted by atomic mass is 16.5. The van der Waals surface area contributed by atoms with E-state index in [1.54, 1.807) is 31.1 Å². The summed E-state index contributed by atoms with van der Waals surface area (Å²) in [5.41, 5.74) is 1.44. The summed E-state index contributed by atoms with van der Waals surface area (Å²) in [5, 5.41) is 2.77. The van der Waals surface area contributed by atoms with Crippen molar-refractivity contribution in [3.63, 3.8) is 0 Å². The van der Waals surface area contributed by atoms with Crippen LogP contribution in [0, 0.1) is 0 Å². The summed E-state index contributed by atoms with van der Waals surface area (Å²) >= 11 is 0. The molecule has 19 heavy (non-hydrogen) atoms. The fraction of sp³-hybridized carbons (Fsp3) is 0.429. The van der Waals surface area contributed by atoms with Crippen LogP contribution in [0.3, 0.4) is 0 Å². The maximum absolute atomic E-state index is 11.8. The molecule has 1 aromatic rings. The van der Waals surface area contributed by atoms with Crippen molar-refractivity contribution in [2.24, 2.45) is 0 Å². The molecule has 1 fully saturated rings. The molecule has 0 aliphatic carbocycles. The van der Waals surface area contributed by atoms with Crippen molar-refractivity contribution < 1.29 is 14.3 Å². The van der Waals surface area contributed by atoms with Gasteiger partial charge in [0, 0.05) is 31.1 Å². The molecule has 102 valence electrons. The van der Waals surface area contributed by atoms with E-state index in [0.717, 1.165) is 18.7 Å². The van der Waals surface area contributed by atoms with Gasteiger partial charge in [0.05, 0.1) is 12.8 Å². The number of methoxy groups -OCH3 is 1. The highest BCUT2D eigenvalue weighted by Gasteiger charge is 2.24. The van der Waals surface area contributed by atoms with Crippen molar-refractivity contribution in [1.29, 1.82) is 0 Å². The standard InChI is InChI=1S/C14H18N2O3/c1-3-13(17)15-10-6-7-11(12(9-10)19-2)16-8-4-5-14(16)18/h6-7,9H,3-5,8H2,1-2H3,(H,15,17). The van der Waals surface area contributed by atoms with E-state index in [-0.39, 0.29) is 11.8 Å². The number of rotatable bonds is 4. The van der Waals surface area contributed by atoms with Crippen LogP contribution < -0.4 is 15.0 Å². The van der Waals surface area contributed by atoms with E-state index in [1.165, 1.54) is 0 Å². The molecule has 1 N–H and O–H groups in total. The SMILES string of the molecule is CCC(=O)Nc1ccc(N2CCCC2=O)c(OC)c1. The third-order valence-corrected chi connectivity index (χ3v) is 3.15. The quantitative estimate of drug-likeness (QED) is 0.904. The number of benzene rings is 1. The van der Waals surface area contributed by atoms with Crippen LogP contribution in [-0.4, -0.2) is 25.5 Å². The second kappa shape index (κ2) is 5.73. The Hall–Kier alpha value is -2.04. The van der Waals surface area contributed by atoms with Gasteiger partial charge in [-0.15, -0.1) is 0 Å². The van der Waals surface area contributed by atoms with Gasteiger partial charge >= 0.3 is 0 Å². The molecule has 5 heteroatoms. The lowest BCUT2D eigenvalue weighted by Crippen LogP contribution is -2.24. The minimum absolute atomic E-state index is 0.0490. The normalized spacial score (nSPS) is 14.6. The minimum atomic E-state index is -0.0490. The Kier molecular flexibility index (Phi) is 4.04. The van der Waals surface area contributed by atoms with Gasteiger partial charge in [0.25, 0.3) is 0 Å². The van der Waals surface area contributed by atoms with Crippen molar-refractivity contribution in [2.45, 2.75) is 26.2 Å². The topological polar surface area (TPSA) is 58.6 Å². The number of hydrogen-bond donors (Lipinski definition) is 1. The minimum Gasteiger partial charge on any atom is -0.494 e. The van der Waals surface area contributed by atoms with Gasteiger partial charge in [-0.25, -0.2) is 0 Å². The van der Waals surface area contributed by atoms with Gasteiger partial charge < -0.3 is 15.0 Å². The average molecular weight is 262 g/mol. The molecule has 0 saturated carbocycles. The molecule has 1 saturated heterocycles. The first-order valence-electron chi connectivity index (χ1n) is 6.44. The molecule has 1 aromatic carbocycles. The van der Waals surface area contributed by atoms with Gasteiger partial charge in [-0.05, 0) is 18.6 Å². The van der Waals surface area contributed by atoms with Crippen LogP contribution in [0.25, 0.3) is 0 Å². The van der Waals surface area contributed by atoms with Crippen LogP contribution in [-0.2, 0) is 9.59 Å². The summed E-state index contributed by atoms with van der Waals surface area (Å²) in [4.78, 5) is 24.8. The molecule has 0 radical (unpaired) electrons. The zero-order valence-corrected chi connectivity index (χ0v) is 11.2. The molecule has 1 aliphatic heterocycles. The van der Waals surface area contributed by atoms with Crippen LogP contribution in [0.2, 0.25) is 0 Å². The van der Waals surface area contributed by atoms with Crippen LogP contribution >= 0.6 is 0 Å². The van der Waals surface area contributed by atoms with Crippen LogP contribution in [0.4, 0.5) is 11.4 Å². The van der Waals surface area contributed by atoms with Gasteiger partial charge in [0.15, 0.2) is 0 Å². The molecule has 2 rings (SSSR count). The summed E-state index contributed by atoms with van der Waals surface area (Å²) in [6.07, 6.45) is 1.88. The third-order valence-electron chi connectivity index (χ3n) is 3.15. The van der Waals surface area contributed by atoms with E-state index in [9.17, 15) is 9.59 Å². The monoisotopic (exact) mass is 262 g/mol. The summed E-state index contributed by atoms with van der Waals surface area (Å²) < 4.78 is 5.32. The smallest absolute Gasteiger partial charge is 0.227 e. The van der Waals surface area contributed by atoms with Crippen molar-refractivity contribution >= 4 is 23.2 Å². The fourth-order valence-electron chi connectivity index (χ4n) is 2.13. The highest BCUT2D eigenvalue weighted by molar-refractivity contribution is 5.97. The first-order valence-corrected chi connectivity index (χ1v) is 6.44. The highest BCUT2D eigenvalue weighted by Crippen LogP contribution is 2.33. The van der Waals surface area contributed by atoms with Crippen molar-refractivity contribution in [3.8, 4) is 5.75 Å². The Balaban J connectivity index is 2.26. The average Bonchev–Trinajstić information content (AvgIpc) is 2.84. The number of anilines is 2. The van der Waals surface area contributed by atoms with Gasteiger partial charge in [-0.2, -0.15) is 0 Å². The molecular weight excluding hydrogens is 244 g/mol. The van der Waals surface area contributed by atoms with Gasteiger partial charge in [-0.3, -0.25) is 9.59 Å². The summed E-state index contributed by atoms with van der Waals surface area (Å²) in [7, 11) is 1.56. The maximum atomic E-state index is 11.8. The van der Waals surface area contributed by atoms with Crippen LogP contribution in [0.15, 0.2) is 18.2 Å². The fourth-order valence-corrected chi connectivity index (χ4v) is 2.13. The van der Waals surface area contributed by atoms with E-state index in [2.05, 4.69) is 5.32 Å². The van der Waals surface area contributed by atoms with E-state index in [0.29, 0.717) is 24.3 Å². The molecule has 0 unspecified atom stereocenters. The predicted octanol–water partition coefficient (Wildman–Crippen LogP) is 2.17. The Morgan fingerprint density at radius 1 is 1.47 bits per heavy atom. The van der Waals surface area contributed by atoms with Crippen molar-refractivity contribution in [2.75, 3.05) is 23.9 Å². The number of carbonyl (C=O) groups is 2. The van der Waals surface area contributed by atoms with E-state index in [1.807, 2.05) is 6.07 Å². The first kappa shape index (κ1) is 13.4. The van der Waals surface area contributed by atoms with Crippen molar-refractivity contribution in [3.05, 3.63) is 18.2 Å². The molecule has 5 nitrogen and oxygen atoms in total. The van der Waals surface area contributed by atoms with Gasteiger partial charge in [0.1, 0.15) is 5.75 Å². The largest absolute Gasteiger partial charge is 0.494 e. The lowest BCUT2D eigenvalue weighted by Gasteiger charge is -2.19. The Morgan fingerprint density at radius 3 is 2.84 bits per heavy atom. The number of nitrogens with zero attached hydrogens (tertiary/aromatic N) is 1. The number of ether oxygens (including phenoxy) is 1. The van der Waals surface area contributed by atoms with Crippen LogP contribution in [0.1, 0.15) is 26.2 Å². The molecule has 2 amide bonds. The molecule has 1 heterocycles. The Morgan fingerprint density at radius 2 is 2.26 bits per heavy atom. The first-order chi connectivity index (χ1) is 9.15. The third kappa shape index (κ3) is 2.86. The number of amides is 2. The number of nitrogens with one attached hydrogen (secondary N) is 1. The van der Waals surface area contributed by atoms with Crippen molar-refractivity contribution in [1.82, 2.24) is 0 Å². The zero-order chi connectivity index (χ0) is 13.8. The van der Waals surface area contributed by atoms with Crippen LogP contribution in [0.5, 0.6) is 5.75 Å². The Labute approximate surface area is 112 Å². The van der Waals surface area contributed by atoms with E-state index in [4.69, 9.17) is 4.74 Å². The van der Waals surface area contributed by atoms with E-state index < -0.39 is 0 Å². The molecule has 0 bridgehead atoms. The number of hydrogen-bond acceptors (Lipinski definition) is 3. The summed E-state index contributed by atoms with van der Waals surface area (Å²) in [6, 6.07) is 5.35. The summed E-state index contributed by atoms with van der Waals surface area (Å²) in [6.45, 7) is 2.51. The maximum Gasteiger partial charge on any atom is 0.227 e. The molecular formula is C14H18N2O3. The molecule has 0 spiro atoms. The lowest BCUT2D eigenvalue weighted by molar-refractivity contribution is -0.117. The predicted molar refractivity (Wildman–Crippen MR) is 73.5 cm³/mol. The zero-order valence-electron chi connectivity index (χ0n) is 11.2. The van der Waals surface area contributed by atoms with Gasteiger partial charge in [0.2, 0.25) is 11.8 Å². The molecule has 0 aromatic heterocycles. The summed E-state index contributed by atoms with van der Waals surface area (Å²) in [5.74, 6) is 0.667. The van der Waals surface area contributed by atoms with Gasteiger partial charge in [-0.1, -0.05) is 6.92 Å². The van der Waals surface area contributed by atoms with E-state index >= 15 is 0 Å².